The Hall–Kier alpha value is -3.91. The first-order valence-corrected chi connectivity index (χ1v) is 19.9. The van der Waals surface area contributed by atoms with Gasteiger partial charge in [-0.15, -0.1) is 0 Å². The molecule has 4 aliphatic heterocycles. The SMILES string of the molecule is C[C@H]1O[C@@H](OC[C@H]2O[C@@H](Oc3c(-c4ccc(O)cc4)oc4cc(O[C@@H]5O[C@H](CO)[C@@H](O)[C@H](O)[C@H]5O)cc(O)c4c3=O)[C@@H](O[C@@H]3O[C@H](CO)[C@@H](O)[C@H](O)[C@H]3O)[C@@H](O)[C@@H]2O)[C@H](O)[C@@H](O)[C@H]1O. The first-order chi connectivity index (χ1) is 30.3. The Morgan fingerprint density at radius 3 is 1.75 bits per heavy atom. The fraction of sp³-hybridized carbons (Fsp3) is 0.615. The van der Waals surface area contributed by atoms with E-state index in [1.165, 1.54) is 31.2 Å². The van der Waals surface area contributed by atoms with Crippen molar-refractivity contribution in [3.8, 4) is 34.3 Å². The summed E-state index contributed by atoms with van der Waals surface area (Å²) in [4.78, 5) is 14.5. The molecule has 0 unspecified atom stereocenters. The Bertz CT molecular complexity index is 2100. The average Bonchev–Trinajstić information content (AvgIpc) is 3.27. The van der Waals surface area contributed by atoms with Crippen molar-refractivity contribution in [3.05, 3.63) is 46.6 Å². The maximum Gasteiger partial charge on any atom is 0.239 e. The van der Waals surface area contributed by atoms with E-state index < -0.39 is 176 Å². The van der Waals surface area contributed by atoms with Crippen LogP contribution in [0.15, 0.2) is 45.6 Å². The first kappa shape index (κ1) is 48.0. The molecule has 0 radical (unpaired) electrons. The molecule has 0 bridgehead atoms. The van der Waals surface area contributed by atoms with Gasteiger partial charge in [0.2, 0.25) is 23.8 Å². The maximum absolute atomic E-state index is 14.5. The van der Waals surface area contributed by atoms with Crippen LogP contribution >= 0.6 is 0 Å². The molecule has 25 heteroatoms. The van der Waals surface area contributed by atoms with Gasteiger partial charge in [-0.1, -0.05) is 0 Å². The second-order valence-corrected chi connectivity index (χ2v) is 15.7. The summed E-state index contributed by atoms with van der Waals surface area (Å²) in [6.45, 7) is -1.04. The summed E-state index contributed by atoms with van der Waals surface area (Å²) in [6.07, 6.45) is -35.5. The van der Waals surface area contributed by atoms with E-state index in [0.717, 1.165) is 12.1 Å². The molecule has 4 aliphatic rings. The number of fused-ring (bicyclic) bond motifs is 1. The summed E-state index contributed by atoms with van der Waals surface area (Å²) in [5.41, 5.74) is -1.54. The van der Waals surface area contributed by atoms with E-state index in [2.05, 4.69) is 0 Å². The van der Waals surface area contributed by atoms with Gasteiger partial charge in [0.05, 0.1) is 25.9 Å². The molecule has 0 saturated carbocycles. The third-order valence-electron chi connectivity index (χ3n) is 11.4. The zero-order chi connectivity index (χ0) is 46.5. The molecule has 25 nitrogen and oxygen atoms in total. The lowest BCUT2D eigenvalue weighted by molar-refractivity contribution is -0.362. The molecular weight excluding hydrogens is 868 g/mol. The van der Waals surface area contributed by atoms with Crippen LogP contribution in [0.5, 0.6) is 23.0 Å². The molecule has 20 atom stereocenters. The van der Waals surface area contributed by atoms with Crippen LogP contribution in [0.25, 0.3) is 22.3 Å². The van der Waals surface area contributed by atoms with Crippen LogP contribution in [0.3, 0.4) is 0 Å². The van der Waals surface area contributed by atoms with Crippen molar-refractivity contribution in [2.75, 3.05) is 19.8 Å². The van der Waals surface area contributed by atoms with Gasteiger partial charge in [0.15, 0.2) is 24.4 Å². The second kappa shape index (κ2) is 19.5. The predicted octanol–water partition coefficient (Wildman–Crippen LogP) is -6.10. The number of rotatable bonds is 12. The van der Waals surface area contributed by atoms with Crippen LogP contribution in [-0.4, -0.2) is 219 Å². The molecule has 5 heterocycles. The Morgan fingerprint density at radius 2 is 1.12 bits per heavy atom. The lowest BCUT2D eigenvalue weighted by atomic mass is 9.97. The Labute approximate surface area is 360 Å². The highest BCUT2D eigenvalue weighted by Gasteiger charge is 2.53. The number of hydrogen-bond acceptors (Lipinski definition) is 25. The van der Waals surface area contributed by atoms with Crippen molar-refractivity contribution >= 4 is 11.0 Å². The minimum Gasteiger partial charge on any atom is -0.508 e. The Kier molecular flexibility index (Phi) is 14.6. The number of hydrogen-bond donors (Lipinski definition) is 15. The molecule has 0 amide bonds. The van der Waals surface area contributed by atoms with Gasteiger partial charge >= 0.3 is 0 Å². The molecule has 0 spiro atoms. The van der Waals surface area contributed by atoms with E-state index in [9.17, 15) is 81.4 Å². The highest BCUT2D eigenvalue weighted by molar-refractivity contribution is 5.88. The van der Waals surface area contributed by atoms with Crippen LogP contribution < -0.4 is 14.9 Å². The number of aliphatic hydroxyl groups excluding tert-OH is 13. The van der Waals surface area contributed by atoms with E-state index >= 15 is 0 Å². The van der Waals surface area contributed by atoms with Gasteiger partial charge < -0.3 is 119 Å². The Balaban J connectivity index is 1.27. The summed E-state index contributed by atoms with van der Waals surface area (Å²) in [5, 5.41) is 156. The highest BCUT2D eigenvalue weighted by atomic mass is 16.8. The summed E-state index contributed by atoms with van der Waals surface area (Å²) >= 11 is 0. The highest BCUT2D eigenvalue weighted by Crippen LogP contribution is 2.40. The number of phenols is 2. The number of benzene rings is 2. The minimum atomic E-state index is -2.14. The zero-order valence-corrected chi connectivity index (χ0v) is 33.4. The van der Waals surface area contributed by atoms with Crippen LogP contribution in [0.1, 0.15) is 6.92 Å². The van der Waals surface area contributed by atoms with Gasteiger partial charge in [0.1, 0.15) is 114 Å². The fourth-order valence-corrected chi connectivity index (χ4v) is 7.61. The summed E-state index contributed by atoms with van der Waals surface area (Å²) in [6, 6.07) is 6.92. The van der Waals surface area contributed by atoms with Gasteiger partial charge in [0.25, 0.3) is 0 Å². The minimum absolute atomic E-state index is 0.0209. The molecular formula is C39H50O25. The fourth-order valence-electron chi connectivity index (χ4n) is 7.61. The van der Waals surface area contributed by atoms with E-state index in [-0.39, 0.29) is 17.1 Å². The monoisotopic (exact) mass is 918 g/mol. The summed E-state index contributed by atoms with van der Waals surface area (Å²) in [7, 11) is 0. The lowest BCUT2D eigenvalue weighted by Crippen LogP contribution is -2.65. The molecule has 356 valence electrons. The largest absolute Gasteiger partial charge is 0.508 e. The van der Waals surface area contributed by atoms with Crippen molar-refractivity contribution < 1.29 is 119 Å². The molecule has 1 aromatic heterocycles. The van der Waals surface area contributed by atoms with Crippen LogP contribution in [-0.2, 0) is 28.4 Å². The molecule has 4 saturated heterocycles. The van der Waals surface area contributed by atoms with Gasteiger partial charge in [-0.2, -0.15) is 0 Å². The Morgan fingerprint density at radius 1 is 0.578 bits per heavy atom. The third kappa shape index (κ3) is 9.25. The van der Waals surface area contributed by atoms with Crippen molar-refractivity contribution in [2.45, 2.75) is 130 Å². The van der Waals surface area contributed by atoms with Crippen molar-refractivity contribution in [2.24, 2.45) is 0 Å². The van der Waals surface area contributed by atoms with Gasteiger partial charge in [-0.05, 0) is 31.2 Å². The molecule has 3 aromatic rings. The van der Waals surface area contributed by atoms with E-state index in [0.29, 0.717) is 0 Å². The average molecular weight is 919 g/mol. The topological polar surface area (TPSA) is 408 Å². The molecule has 0 aliphatic carbocycles. The number of phenolic OH excluding ortho intramolecular Hbond substituents is 2. The number of ether oxygens (including phenoxy) is 8. The molecule has 7 rings (SSSR count). The first-order valence-electron chi connectivity index (χ1n) is 19.9. The van der Waals surface area contributed by atoms with Gasteiger partial charge in [-0.3, -0.25) is 4.79 Å². The van der Waals surface area contributed by atoms with Crippen LogP contribution in [0.4, 0.5) is 0 Å². The van der Waals surface area contributed by atoms with Crippen molar-refractivity contribution in [1.82, 2.24) is 0 Å². The predicted molar refractivity (Wildman–Crippen MR) is 204 cm³/mol. The van der Waals surface area contributed by atoms with Gasteiger partial charge in [-0.25, -0.2) is 0 Å². The number of aliphatic hydroxyl groups is 13. The van der Waals surface area contributed by atoms with Crippen molar-refractivity contribution in [3.63, 3.8) is 0 Å². The second-order valence-electron chi connectivity index (χ2n) is 15.7. The quantitative estimate of drug-likeness (QED) is 0.0804. The van der Waals surface area contributed by atoms with E-state index in [4.69, 9.17) is 42.3 Å². The molecule has 64 heavy (non-hydrogen) atoms. The standard InChI is InChI=1S/C39H50O25/c1-11-21(44)26(49)30(53)36(57-11)56-10-19-24(47)29(52)35(64-38-32(55)28(51)23(46)18(9-41)61-38)39(62-19)63-34-25(48)20-15(43)6-14(58-37-31(54)27(50)22(45)17(8-40)60-37)7-16(20)59-33(34)12-2-4-13(42)5-3-12/h2-7,11,17-19,21-24,26-32,35-47,49-55H,8-10H2,1H3/t11-,17-,18-,19-,21+,22-,23-,24-,26+,27+,28+,29+,30-,31-,32-,35+,36-,37-,38+,39+/m1/s1. The van der Waals surface area contributed by atoms with Crippen LogP contribution in [0.2, 0.25) is 0 Å². The van der Waals surface area contributed by atoms with E-state index in [1.807, 2.05) is 0 Å². The third-order valence-corrected chi connectivity index (χ3v) is 11.4. The molecule has 2 aromatic carbocycles. The summed E-state index contributed by atoms with van der Waals surface area (Å²) in [5.74, 6) is -2.63. The lowest BCUT2D eigenvalue weighted by Gasteiger charge is -2.46. The van der Waals surface area contributed by atoms with Crippen molar-refractivity contribution in [1.29, 1.82) is 0 Å². The zero-order valence-electron chi connectivity index (χ0n) is 33.4. The summed E-state index contributed by atoms with van der Waals surface area (Å²) < 4.78 is 51.5. The van der Waals surface area contributed by atoms with Gasteiger partial charge in [0, 0.05) is 17.7 Å². The maximum atomic E-state index is 14.5. The molecule has 4 fully saturated rings. The normalized spacial score (nSPS) is 40.6. The smallest absolute Gasteiger partial charge is 0.239 e. The number of aromatic hydroxyl groups is 2. The van der Waals surface area contributed by atoms with Crippen LogP contribution in [0, 0.1) is 0 Å². The van der Waals surface area contributed by atoms with E-state index in [1.54, 1.807) is 0 Å². The molecule has 15 N–H and O–H groups in total.